The molecule has 6 rings (SSSR count). The fourth-order valence-corrected chi connectivity index (χ4v) is 6.97. The Morgan fingerprint density at radius 3 is 2.91 bits per heavy atom. The van der Waals surface area contributed by atoms with Gasteiger partial charge in [0.2, 0.25) is 0 Å². The Labute approximate surface area is 203 Å². The largest absolute Gasteiger partial charge is 0.493 e. The van der Waals surface area contributed by atoms with Crippen molar-refractivity contribution in [1.82, 2.24) is 8.86 Å². The monoisotopic (exact) mass is 478 g/mol. The topological polar surface area (TPSA) is 63.9 Å². The van der Waals surface area contributed by atoms with E-state index in [2.05, 4.69) is 17.0 Å². The van der Waals surface area contributed by atoms with Crippen LogP contribution in [0.2, 0.25) is 0 Å². The molecule has 0 fully saturated rings. The van der Waals surface area contributed by atoms with Crippen molar-refractivity contribution in [2.75, 3.05) is 20.2 Å². The quantitative estimate of drug-likeness (QED) is 0.427. The number of aliphatic hydroxyl groups excluding tert-OH is 1. The molecule has 1 N–H and O–H groups in total. The average Bonchev–Trinajstić information content (AvgIpc) is 3.29. The van der Waals surface area contributed by atoms with E-state index in [0.29, 0.717) is 6.42 Å². The molecular weight excluding hydrogens is 448 g/mol. The first-order valence-corrected chi connectivity index (χ1v) is 12.9. The van der Waals surface area contributed by atoms with Gasteiger partial charge in [0.1, 0.15) is 6.10 Å². The van der Waals surface area contributed by atoms with E-state index in [1.165, 1.54) is 11.1 Å². The first-order valence-electron chi connectivity index (χ1n) is 12.1. The molecule has 6 nitrogen and oxygen atoms in total. The van der Waals surface area contributed by atoms with E-state index < -0.39 is 6.10 Å². The van der Waals surface area contributed by atoms with E-state index in [1.807, 2.05) is 40.4 Å². The van der Waals surface area contributed by atoms with E-state index in [9.17, 15) is 9.90 Å². The number of aryl methyl sites for hydroxylation is 1. The Bertz CT molecular complexity index is 1310. The molecule has 0 unspecified atom stereocenters. The summed E-state index contributed by atoms with van der Waals surface area (Å²) in [6.07, 6.45) is 7.21. The summed E-state index contributed by atoms with van der Waals surface area (Å²) < 4.78 is 15.0. The maximum atomic E-state index is 12.6. The van der Waals surface area contributed by atoms with Gasteiger partial charge >= 0.3 is 0 Å². The molecule has 3 aromatic rings. The fraction of sp³-hybridized carbons (Fsp3) is 0.444. The molecule has 178 valence electrons. The van der Waals surface area contributed by atoms with Crippen molar-refractivity contribution in [3.8, 4) is 11.5 Å². The molecule has 0 amide bonds. The Morgan fingerprint density at radius 2 is 2.06 bits per heavy atom. The molecule has 1 aliphatic carbocycles. The van der Waals surface area contributed by atoms with Crippen molar-refractivity contribution >= 4 is 21.6 Å². The number of hydrogen-bond acceptors (Lipinski definition) is 6. The Balaban J connectivity index is 1.18. The summed E-state index contributed by atoms with van der Waals surface area (Å²) in [7, 11) is 1.69. The second-order valence-corrected chi connectivity index (χ2v) is 10.7. The van der Waals surface area contributed by atoms with Gasteiger partial charge in [-0.1, -0.05) is 41.9 Å². The minimum atomic E-state index is -0.462. The molecule has 0 saturated heterocycles. The summed E-state index contributed by atoms with van der Waals surface area (Å²) >= 11 is 1.57. The number of nitrogens with zero attached hydrogens (tertiary/aromatic N) is 2. The maximum Gasteiger partial charge on any atom is 0.268 e. The number of aliphatic hydroxyl groups is 1. The highest BCUT2D eigenvalue weighted by atomic mass is 32.1. The molecule has 34 heavy (non-hydrogen) atoms. The van der Waals surface area contributed by atoms with Crippen molar-refractivity contribution in [3.63, 3.8) is 0 Å². The maximum absolute atomic E-state index is 12.6. The summed E-state index contributed by atoms with van der Waals surface area (Å²) in [4.78, 5) is 15.1. The number of unbranched alkanes of at least 4 members (excludes halogenated alkanes) is 1. The molecule has 2 aromatic carbocycles. The Morgan fingerprint density at radius 1 is 1.21 bits per heavy atom. The molecular formula is C27H30N2O4S. The van der Waals surface area contributed by atoms with Crippen LogP contribution in [0.1, 0.15) is 36.8 Å². The third-order valence-corrected chi connectivity index (χ3v) is 8.79. The summed E-state index contributed by atoms with van der Waals surface area (Å²) in [6.45, 7) is 3.61. The van der Waals surface area contributed by atoms with E-state index in [0.717, 1.165) is 67.0 Å². The second-order valence-electron chi connectivity index (χ2n) is 9.67. The van der Waals surface area contributed by atoms with Gasteiger partial charge in [0.25, 0.3) is 5.56 Å². The van der Waals surface area contributed by atoms with E-state index in [4.69, 9.17) is 9.47 Å². The lowest BCUT2D eigenvalue weighted by molar-refractivity contribution is 0.0809. The van der Waals surface area contributed by atoms with Crippen molar-refractivity contribution in [3.05, 3.63) is 70.0 Å². The van der Waals surface area contributed by atoms with Gasteiger partial charge in [-0.25, -0.2) is 0 Å². The zero-order valence-corrected chi connectivity index (χ0v) is 20.2. The number of fused-ring (bicyclic) bond motifs is 1. The zero-order valence-electron chi connectivity index (χ0n) is 19.4. The lowest BCUT2D eigenvalue weighted by Gasteiger charge is -2.35. The smallest absolute Gasteiger partial charge is 0.268 e. The lowest BCUT2D eigenvalue weighted by Crippen LogP contribution is -2.43. The third-order valence-electron chi connectivity index (χ3n) is 7.67. The first-order chi connectivity index (χ1) is 16.6. The molecule has 1 aromatic heterocycles. The minimum Gasteiger partial charge on any atom is -0.493 e. The SMILES string of the molecule is COc1ccc2c3c1O[C@H]1C[C@@H](O)C=C[C@@]31CCN(CCCCn1sc3ccccc3c1=O)C2. The number of hydrogen-bond donors (Lipinski definition) is 1. The van der Waals surface area contributed by atoms with Crippen molar-refractivity contribution in [1.29, 1.82) is 0 Å². The van der Waals surface area contributed by atoms with Gasteiger partial charge in [0.05, 0.1) is 28.7 Å². The van der Waals surface area contributed by atoms with Crippen molar-refractivity contribution < 1.29 is 14.6 Å². The molecule has 2 aliphatic heterocycles. The summed E-state index contributed by atoms with van der Waals surface area (Å²) in [5.41, 5.74) is 2.47. The van der Waals surface area contributed by atoms with Crippen LogP contribution in [0.3, 0.4) is 0 Å². The van der Waals surface area contributed by atoms with Crippen LogP contribution >= 0.6 is 11.5 Å². The molecule has 0 saturated carbocycles. The summed E-state index contributed by atoms with van der Waals surface area (Å²) in [5, 5.41) is 11.1. The summed E-state index contributed by atoms with van der Waals surface area (Å²) in [5.74, 6) is 1.63. The van der Waals surface area contributed by atoms with Crippen LogP contribution in [0.5, 0.6) is 11.5 Å². The van der Waals surface area contributed by atoms with Gasteiger partial charge in [-0.3, -0.25) is 13.7 Å². The molecule has 7 heteroatoms. The molecule has 3 aliphatic rings. The third kappa shape index (κ3) is 3.49. The predicted octanol–water partition coefficient (Wildman–Crippen LogP) is 4.08. The van der Waals surface area contributed by atoms with Crippen LogP contribution in [0.15, 0.2) is 53.3 Å². The molecule has 3 atom stereocenters. The number of aromatic nitrogens is 1. The van der Waals surface area contributed by atoms with Gasteiger partial charge in [-0.15, -0.1) is 0 Å². The van der Waals surface area contributed by atoms with Gasteiger partial charge in [-0.05, 0) is 56.1 Å². The standard InChI is InChI=1S/C27H30N2O4S/c1-32-21-9-8-18-17-28(13-4-5-14-29-26(31)20-6-2-3-7-22(20)34-29)15-12-27-11-10-19(30)16-23(27)33-25(21)24(18)27/h2-3,6-11,19,23,30H,4-5,12-17H2,1H3/t19-,23-,27-/m0/s1. The highest BCUT2D eigenvalue weighted by Crippen LogP contribution is 2.55. The van der Waals surface area contributed by atoms with Crippen LogP contribution in [0.25, 0.3) is 10.1 Å². The minimum absolute atomic E-state index is 0.0580. The first kappa shape index (κ1) is 21.9. The highest BCUT2D eigenvalue weighted by molar-refractivity contribution is 7.13. The molecule has 0 radical (unpaired) electrons. The Kier molecular flexibility index (Phi) is 5.51. The van der Waals surface area contributed by atoms with Gasteiger partial charge in [0, 0.05) is 25.1 Å². The molecule has 3 heterocycles. The normalized spacial score (nSPS) is 25.6. The number of benzene rings is 2. The van der Waals surface area contributed by atoms with E-state index in [1.54, 1.807) is 18.6 Å². The fourth-order valence-electron chi connectivity index (χ4n) is 5.94. The predicted molar refractivity (Wildman–Crippen MR) is 134 cm³/mol. The second kappa shape index (κ2) is 8.56. The van der Waals surface area contributed by atoms with Crippen LogP contribution in [0.4, 0.5) is 0 Å². The molecule has 0 bridgehead atoms. The average molecular weight is 479 g/mol. The molecule has 1 spiro atoms. The van der Waals surface area contributed by atoms with Crippen LogP contribution < -0.4 is 15.0 Å². The van der Waals surface area contributed by atoms with Crippen LogP contribution in [0, 0.1) is 0 Å². The number of rotatable bonds is 6. The van der Waals surface area contributed by atoms with Crippen LogP contribution in [-0.4, -0.2) is 46.4 Å². The van der Waals surface area contributed by atoms with Crippen molar-refractivity contribution in [2.24, 2.45) is 0 Å². The number of ether oxygens (including phenoxy) is 2. The summed E-state index contributed by atoms with van der Waals surface area (Å²) in [6, 6.07) is 12.0. The zero-order chi connectivity index (χ0) is 23.3. The number of methoxy groups -OCH3 is 1. The van der Waals surface area contributed by atoms with Crippen molar-refractivity contribution in [2.45, 2.75) is 56.4 Å². The van der Waals surface area contributed by atoms with Gasteiger partial charge in [-0.2, -0.15) is 0 Å². The van der Waals surface area contributed by atoms with Gasteiger partial charge in [0.15, 0.2) is 11.5 Å². The Hall–Kier alpha value is -2.61. The lowest BCUT2D eigenvalue weighted by atomic mass is 9.69. The van der Waals surface area contributed by atoms with Gasteiger partial charge < -0.3 is 14.6 Å². The van der Waals surface area contributed by atoms with E-state index in [-0.39, 0.29) is 17.1 Å². The van der Waals surface area contributed by atoms with E-state index >= 15 is 0 Å². The van der Waals surface area contributed by atoms with Crippen LogP contribution in [-0.2, 0) is 18.5 Å². The highest BCUT2D eigenvalue weighted by Gasteiger charge is 2.52.